The van der Waals surface area contributed by atoms with Crippen LogP contribution in [0, 0.1) is 29.9 Å². The number of sulfonamides is 1. The number of nitrogens with two attached hydrogens (primary N) is 1. The lowest BCUT2D eigenvalue weighted by Crippen LogP contribution is -2.34. The molecule has 1 fully saturated rings. The van der Waals surface area contributed by atoms with Crippen molar-refractivity contribution in [3.8, 4) is 12.3 Å². The first-order valence-electron chi connectivity index (χ1n) is 6.52. The van der Waals surface area contributed by atoms with Crippen LogP contribution in [0.2, 0.25) is 0 Å². The predicted molar refractivity (Wildman–Crippen MR) is 74.6 cm³/mol. The predicted octanol–water partition coefficient (Wildman–Crippen LogP) is 1.46. The minimum Gasteiger partial charge on any atom is -0.326 e. The van der Waals surface area contributed by atoms with Gasteiger partial charge in [-0.05, 0) is 30.9 Å². The molecule has 0 bridgehead atoms. The number of hydrogen-bond acceptors (Lipinski definition) is 3. The molecule has 1 aliphatic carbocycles. The summed E-state index contributed by atoms with van der Waals surface area (Å²) in [4.78, 5) is -0.583. The van der Waals surface area contributed by atoms with Crippen molar-refractivity contribution in [2.45, 2.75) is 24.3 Å². The molecule has 4 nitrogen and oxygen atoms in total. The molecule has 0 aliphatic heterocycles. The molecule has 1 aromatic carbocycles. The molecule has 2 N–H and O–H groups in total. The van der Waals surface area contributed by atoms with Gasteiger partial charge in [-0.2, -0.15) is 4.31 Å². The zero-order chi connectivity index (χ0) is 15.6. The molecule has 0 saturated heterocycles. The fourth-order valence-electron chi connectivity index (χ4n) is 2.04. The number of hydrogen-bond donors (Lipinski definition) is 1. The van der Waals surface area contributed by atoms with Gasteiger partial charge in [-0.15, -0.1) is 6.42 Å². The largest absolute Gasteiger partial charge is 0.326 e. The van der Waals surface area contributed by atoms with Crippen molar-refractivity contribution in [1.82, 2.24) is 4.31 Å². The Morgan fingerprint density at radius 1 is 1.38 bits per heavy atom. The Kier molecular flexibility index (Phi) is 4.61. The summed E-state index contributed by atoms with van der Waals surface area (Å²) in [7, 11) is -4.10. The Hall–Kier alpha value is -1.49. The summed E-state index contributed by atoms with van der Waals surface area (Å²) in [5.41, 5.74) is 4.83. The first-order valence-corrected chi connectivity index (χ1v) is 7.96. The lowest BCUT2D eigenvalue weighted by atomic mass is 10.2. The van der Waals surface area contributed by atoms with E-state index in [1.54, 1.807) is 0 Å². The van der Waals surface area contributed by atoms with E-state index in [-0.39, 0.29) is 19.0 Å². The van der Waals surface area contributed by atoms with E-state index in [0.29, 0.717) is 0 Å². The molecule has 21 heavy (non-hydrogen) atoms. The van der Waals surface area contributed by atoms with Gasteiger partial charge in [-0.25, -0.2) is 17.2 Å². The summed E-state index contributed by atoms with van der Waals surface area (Å²) in [6.07, 6.45) is 7.04. The number of rotatable bonds is 6. The highest BCUT2D eigenvalue weighted by molar-refractivity contribution is 7.89. The third-order valence-corrected chi connectivity index (χ3v) is 5.23. The van der Waals surface area contributed by atoms with Gasteiger partial charge in [0.2, 0.25) is 10.0 Å². The average Bonchev–Trinajstić information content (AvgIpc) is 3.22. The fraction of sp³-hybridized carbons (Fsp3) is 0.429. The molecule has 0 amide bonds. The molecule has 0 aromatic heterocycles. The molecule has 1 aliphatic rings. The summed E-state index contributed by atoms with van der Waals surface area (Å²) in [6, 6.07) is 1.82. The van der Waals surface area contributed by atoms with Gasteiger partial charge in [0.15, 0.2) is 5.82 Å². The Labute approximate surface area is 123 Å². The molecule has 0 unspecified atom stereocenters. The van der Waals surface area contributed by atoms with E-state index in [4.69, 9.17) is 12.2 Å². The number of nitrogens with zero attached hydrogens (tertiary/aromatic N) is 1. The zero-order valence-electron chi connectivity index (χ0n) is 11.4. The first-order chi connectivity index (χ1) is 9.91. The maximum Gasteiger partial charge on any atom is 0.246 e. The van der Waals surface area contributed by atoms with Gasteiger partial charge in [0.05, 0.1) is 6.54 Å². The second-order valence-electron chi connectivity index (χ2n) is 4.99. The number of halogens is 2. The standard InChI is InChI=1S/C14H16F2N2O2S/c1-2-7-18(9-10-3-4-10)21(19,20)13-6-5-12(15)11(8-17)14(13)16/h1,5-6,10H,3-4,7-9,17H2. The monoisotopic (exact) mass is 314 g/mol. The van der Waals surface area contributed by atoms with Crippen molar-refractivity contribution in [3.05, 3.63) is 29.3 Å². The van der Waals surface area contributed by atoms with Crippen LogP contribution in [0.25, 0.3) is 0 Å². The van der Waals surface area contributed by atoms with Gasteiger partial charge in [-0.1, -0.05) is 5.92 Å². The molecule has 0 atom stereocenters. The third-order valence-electron chi connectivity index (χ3n) is 3.40. The molecule has 0 radical (unpaired) electrons. The first kappa shape index (κ1) is 15.9. The van der Waals surface area contributed by atoms with E-state index in [9.17, 15) is 17.2 Å². The van der Waals surface area contributed by atoms with E-state index < -0.39 is 38.7 Å². The van der Waals surface area contributed by atoms with Crippen molar-refractivity contribution < 1.29 is 17.2 Å². The molecule has 0 spiro atoms. The maximum absolute atomic E-state index is 14.2. The molecule has 114 valence electrons. The quantitative estimate of drug-likeness (QED) is 0.809. The van der Waals surface area contributed by atoms with Crippen molar-refractivity contribution in [3.63, 3.8) is 0 Å². The van der Waals surface area contributed by atoms with Crippen molar-refractivity contribution >= 4 is 10.0 Å². The normalized spacial score (nSPS) is 15.2. The SMILES string of the molecule is C#CCN(CC1CC1)S(=O)(=O)c1ccc(F)c(CN)c1F. The Morgan fingerprint density at radius 3 is 2.57 bits per heavy atom. The summed E-state index contributed by atoms with van der Waals surface area (Å²) in [6.45, 7) is -0.312. The van der Waals surface area contributed by atoms with Gasteiger partial charge in [0, 0.05) is 18.7 Å². The molecule has 1 saturated carbocycles. The highest BCUT2D eigenvalue weighted by Crippen LogP contribution is 2.32. The van der Waals surface area contributed by atoms with Gasteiger partial charge in [0.25, 0.3) is 0 Å². The number of benzene rings is 1. The van der Waals surface area contributed by atoms with Crippen LogP contribution in [0.3, 0.4) is 0 Å². The van der Waals surface area contributed by atoms with E-state index in [0.717, 1.165) is 29.3 Å². The van der Waals surface area contributed by atoms with E-state index in [1.165, 1.54) is 0 Å². The van der Waals surface area contributed by atoms with Crippen LogP contribution in [0.4, 0.5) is 8.78 Å². The second-order valence-corrected chi connectivity index (χ2v) is 6.89. The Bertz CT molecular complexity index is 679. The summed E-state index contributed by atoms with van der Waals surface area (Å²) >= 11 is 0. The molecular weight excluding hydrogens is 298 g/mol. The average molecular weight is 314 g/mol. The Balaban J connectivity index is 2.44. The van der Waals surface area contributed by atoms with Crippen LogP contribution in [-0.2, 0) is 16.6 Å². The summed E-state index contributed by atoms with van der Waals surface area (Å²) in [5.74, 6) is 0.512. The maximum atomic E-state index is 14.2. The number of terminal acetylenes is 1. The Morgan fingerprint density at radius 2 is 2.05 bits per heavy atom. The highest BCUT2D eigenvalue weighted by Gasteiger charge is 2.33. The van der Waals surface area contributed by atoms with Crippen LogP contribution in [0.1, 0.15) is 18.4 Å². The van der Waals surface area contributed by atoms with E-state index in [2.05, 4.69) is 5.92 Å². The fourth-order valence-corrected chi connectivity index (χ4v) is 3.56. The summed E-state index contributed by atoms with van der Waals surface area (Å²) in [5, 5.41) is 0. The minimum atomic E-state index is -4.10. The van der Waals surface area contributed by atoms with E-state index in [1.807, 2.05) is 0 Å². The van der Waals surface area contributed by atoms with Gasteiger partial charge >= 0.3 is 0 Å². The minimum absolute atomic E-state index is 0.145. The topological polar surface area (TPSA) is 63.4 Å². The molecular formula is C14H16F2N2O2S. The third kappa shape index (κ3) is 3.23. The van der Waals surface area contributed by atoms with Crippen molar-refractivity contribution in [1.29, 1.82) is 0 Å². The van der Waals surface area contributed by atoms with E-state index >= 15 is 0 Å². The lowest BCUT2D eigenvalue weighted by Gasteiger charge is -2.20. The molecule has 2 rings (SSSR count). The summed E-state index contributed by atoms with van der Waals surface area (Å²) < 4.78 is 53.7. The molecule has 0 heterocycles. The van der Waals surface area contributed by atoms with Crippen molar-refractivity contribution in [2.75, 3.05) is 13.1 Å². The van der Waals surface area contributed by atoms with Crippen LogP contribution < -0.4 is 5.73 Å². The van der Waals surface area contributed by atoms with Crippen LogP contribution in [-0.4, -0.2) is 25.8 Å². The molecule has 1 aromatic rings. The highest BCUT2D eigenvalue weighted by atomic mass is 32.2. The second kappa shape index (κ2) is 6.10. The van der Waals surface area contributed by atoms with Gasteiger partial charge in [-0.3, -0.25) is 0 Å². The smallest absolute Gasteiger partial charge is 0.246 e. The van der Waals surface area contributed by atoms with Crippen LogP contribution in [0.15, 0.2) is 17.0 Å². The van der Waals surface area contributed by atoms with Crippen molar-refractivity contribution in [2.24, 2.45) is 11.7 Å². The lowest BCUT2D eigenvalue weighted by molar-refractivity contribution is 0.424. The van der Waals surface area contributed by atoms with Crippen LogP contribution in [0.5, 0.6) is 0 Å². The van der Waals surface area contributed by atoms with Gasteiger partial charge in [0.1, 0.15) is 10.7 Å². The zero-order valence-corrected chi connectivity index (χ0v) is 12.2. The molecule has 7 heteroatoms. The van der Waals surface area contributed by atoms with Crippen LogP contribution >= 0.6 is 0 Å². The van der Waals surface area contributed by atoms with Gasteiger partial charge < -0.3 is 5.73 Å².